The van der Waals surface area contributed by atoms with Gasteiger partial charge in [0.25, 0.3) is 0 Å². The van der Waals surface area contributed by atoms with Gasteiger partial charge in [0.2, 0.25) is 0 Å². The molecule has 4 heteroatoms. The van der Waals surface area contributed by atoms with E-state index in [1.54, 1.807) is 6.33 Å². The second-order valence-electron chi connectivity index (χ2n) is 4.82. The molecule has 0 saturated heterocycles. The van der Waals surface area contributed by atoms with E-state index in [-0.39, 0.29) is 0 Å². The van der Waals surface area contributed by atoms with E-state index in [1.165, 1.54) is 0 Å². The van der Waals surface area contributed by atoms with E-state index in [1.807, 2.05) is 18.2 Å². The van der Waals surface area contributed by atoms with Gasteiger partial charge in [-0.05, 0) is 31.0 Å². The van der Waals surface area contributed by atoms with Crippen LogP contribution >= 0.6 is 0 Å². The molecule has 0 radical (unpaired) electrons. The summed E-state index contributed by atoms with van der Waals surface area (Å²) in [6.45, 7) is 6.60. The topological polar surface area (TPSA) is 63.8 Å². The molecule has 0 aliphatic carbocycles. The fourth-order valence-corrected chi connectivity index (χ4v) is 1.90. The highest BCUT2D eigenvalue weighted by molar-refractivity contribution is 5.91. The summed E-state index contributed by atoms with van der Waals surface area (Å²) in [7, 11) is 0. The lowest BCUT2D eigenvalue weighted by Gasteiger charge is -2.21. The zero-order valence-electron chi connectivity index (χ0n) is 11.1. The smallest absolute Gasteiger partial charge is 0.137 e. The lowest BCUT2D eigenvalue weighted by Crippen LogP contribution is -2.23. The van der Waals surface area contributed by atoms with Crippen LogP contribution in [0.2, 0.25) is 0 Å². The number of aromatic nitrogens is 2. The van der Waals surface area contributed by atoms with E-state index in [2.05, 4.69) is 36.1 Å². The summed E-state index contributed by atoms with van der Waals surface area (Å²) in [6, 6.07) is 6.07. The van der Waals surface area contributed by atoms with Crippen LogP contribution in [0.25, 0.3) is 10.9 Å². The number of fused-ring (bicyclic) bond motifs is 1. The van der Waals surface area contributed by atoms with E-state index in [4.69, 9.17) is 5.73 Å². The quantitative estimate of drug-likeness (QED) is 0.811. The summed E-state index contributed by atoms with van der Waals surface area (Å²) in [6.07, 6.45) is 2.73. The molecule has 18 heavy (non-hydrogen) atoms. The van der Waals surface area contributed by atoms with Crippen LogP contribution in [-0.4, -0.2) is 16.0 Å². The second-order valence-corrected chi connectivity index (χ2v) is 4.82. The van der Waals surface area contributed by atoms with Crippen molar-refractivity contribution in [2.45, 2.75) is 33.2 Å². The monoisotopic (exact) mass is 244 g/mol. The normalized spacial score (nSPS) is 14.4. The van der Waals surface area contributed by atoms with Crippen molar-refractivity contribution < 1.29 is 0 Å². The molecule has 0 bridgehead atoms. The van der Waals surface area contributed by atoms with E-state index < -0.39 is 0 Å². The number of nitrogens with two attached hydrogens (primary N) is 1. The molecule has 1 heterocycles. The number of nitrogens with zero attached hydrogens (tertiary/aromatic N) is 2. The van der Waals surface area contributed by atoms with Crippen LogP contribution in [0.3, 0.4) is 0 Å². The maximum atomic E-state index is 5.83. The third-order valence-electron chi connectivity index (χ3n) is 3.52. The van der Waals surface area contributed by atoms with Crippen LogP contribution in [0, 0.1) is 5.92 Å². The molecule has 2 unspecified atom stereocenters. The van der Waals surface area contributed by atoms with Crippen molar-refractivity contribution in [3.8, 4) is 0 Å². The molecule has 4 nitrogen and oxygen atoms in total. The second kappa shape index (κ2) is 5.21. The number of nitrogen functional groups attached to an aromatic ring is 1. The van der Waals surface area contributed by atoms with Crippen LogP contribution in [0.5, 0.6) is 0 Å². The molecule has 1 aromatic carbocycles. The van der Waals surface area contributed by atoms with Gasteiger partial charge < -0.3 is 11.1 Å². The number of rotatable bonds is 4. The predicted octanol–water partition coefficient (Wildman–Crippen LogP) is 3.06. The average Bonchev–Trinajstić information content (AvgIpc) is 2.38. The molecule has 0 aliphatic heterocycles. The molecule has 96 valence electrons. The molecule has 0 spiro atoms. The van der Waals surface area contributed by atoms with Crippen molar-refractivity contribution in [1.29, 1.82) is 0 Å². The van der Waals surface area contributed by atoms with Crippen LogP contribution < -0.4 is 11.1 Å². The molecule has 2 rings (SSSR count). The Hall–Kier alpha value is -1.84. The maximum Gasteiger partial charge on any atom is 0.137 e. The fourth-order valence-electron chi connectivity index (χ4n) is 1.90. The van der Waals surface area contributed by atoms with Crippen molar-refractivity contribution in [3.05, 3.63) is 24.5 Å². The number of benzene rings is 1. The summed E-state index contributed by atoms with van der Waals surface area (Å²) in [5.74, 6) is 1.45. The number of hydrogen-bond donors (Lipinski definition) is 2. The van der Waals surface area contributed by atoms with Crippen molar-refractivity contribution in [3.63, 3.8) is 0 Å². The van der Waals surface area contributed by atoms with Crippen molar-refractivity contribution in [2.75, 3.05) is 11.1 Å². The Morgan fingerprint density at radius 2 is 2.06 bits per heavy atom. The first-order chi connectivity index (χ1) is 8.61. The third kappa shape index (κ3) is 2.53. The highest BCUT2D eigenvalue weighted by Gasteiger charge is 2.12. The summed E-state index contributed by atoms with van der Waals surface area (Å²) < 4.78 is 0. The van der Waals surface area contributed by atoms with Crippen molar-refractivity contribution in [2.24, 2.45) is 5.92 Å². The zero-order chi connectivity index (χ0) is 13.1. The fraction of sp³-hybridized carbons (Fsp3) is 0.429. The van der Waals surface area contributed by atoms with Gasteiger partial charge in [-0.1, -0.05) is 20.3 Å². The Bertz CT molecular complexity index is 538. The first-order valence-corrected chi connectivity index (χ1v) is 6.38. The Balaban J connectivity index is 2.35. The molecule has 0 amide bonds. The molecular weight excluding hydrogens is 224 g/mol. The van der Waals surface area contributed by atoms with Crippen LogP contribution in [0.4, 0.5) is 11.5 Å². The molecule has 1 aromatic heterocycles. The van der Waals surface area contributed by atoms with Gasteiger partial charge >= 0.3 is 0 Å². The van der Waals surface area contributed by atoms with Gasteiger partial charge in [0.05, 0.1) is 5.52 Å². The van der Waals surface area contributed by atoms with Crippen molar-refractivity contribution in [1.82, 2.24) is 9.97 Å². The van der Waals surface area contributed by atoms with Crippen LogP contribution in [-0.2, 0) is 0 Å². The first-order valence-electron chi connectivity index (χ1n) is 6.38. The minimum Gasteiger partial charge on any atom is -0.399 e. The number of nitrogens with one attached hydrogen (secondary N) is 1. The van der Waals surface area contributed by atoms with E-state index in [0.29, 0.717) is 12.0 Å². The zero-order valence-corrected chi connectivity index (χ0v) is 11.1. The Labute approximate surface area is 108 Å². The minimum absolute atomic E-state index is 0.370. The number of anilines is 2. The summed E-state index contributed by atoms with van der Waals surface area (Å²) in [5, 5.41) is 4.44. The predicted molar refractivity (Wildman–Crippen MR) is 76.5 cm³/mol. The van der Waals surface area contributed by atoms with Gasteiger partial charge in [0.15, 0.2) is 0 Å². The standard InChI is InChI=1S/C14H20N4/c1-4-9(2)10(3)18-14-12-7-11(15)5-6-13(12)16-8-17-14/h5-10H,4,15H2,1-3H3,(H,16,17,18). The Morgan fingerprint density at radius 3 is 2.78 bits per heavy atom. The van der Waals surface area contributed by atoms with Gasteiger partial charge in [-0.25, -0.2) is 9.97 Å². The van der Waals surface area contributed by atoms with Gasteiger partial charge in [-0.2, -0.15) is 0 Å². The van der Waals surface area contributed by atoms with Crippen molar-refractivity contribution >= 4 is 22.4 Å². The molecule has 2 atom stereocenters. The molecule has 0 fully saturated rings. The van der Waals surface area contributed by atoms with E-state index in [0.717, 1.165) is 28.8 Å². The third-order valence-corrected chi connectivity index (χ3v) is 3.52. The largest absolute Gasteiger partial charge is 0.399 e. The highest BCUT2D eigenvalue weighted by Crippen LogP contribution is 2.23. The highest BCUT2D eigenvalue weighted by atomic mass is 15.0. The summed E-state index contributed by atoms with van der Waals surface area (Å²) >= 11 is 0. The van der Waals surface area contributed by atoms with Gasteiger partial charge in [0, 0.05) is 17.1 Å². The molecule has 3 N–H and O–H groups in total. The summed E-state index contributed by atoms with van der Waals surface area (Å²) in [4.78, 5) is 8.58. The summed E-state index contributed by atoms with van der Waals surface area (Å²) in [5.41, 5.74) is 7.47. The maximum absolute atomic E-state index is 5.83. The average molecular weight is 244 g/mol. The van der Waals surface area contributed by atoms with Gasteiger partial charge in [-0.3, -0.25) is 0 Å². The lowest BCUT2D eigenvalue weighted by atomic mass is 10.0. The SMILES string of the molecule is CCC(C)C(C)Nc1ncnc2ccc(N)cc12. The number of hydrogen-bond acceptors (Lipinski definition) is 4. The molecular formula is C14H20N4. The Morgan fingerprint density at radius 1 is 1.28 bits per heavy atom. The Kier molecular flexibility index (Phi) is 3.65. The molecule has 0 aliphatic rings. The van der Waals surface area contributed by atoms with E-state index in [9.17, 15) is 0 Å². The molecule has 2 aromatic rings. The van der Waals surface area contributed by atoms with E-state index >= 15 is 0 Å². The lowest BCUT2D eigenvalue weighted by molar-refractivity contribution is 0.494. The first kappa shape index (κ1) is 12.6. The van der Waals surface area contributed by atoms with Crippen LogP contribution in [0.1, 0.15) is 27.2 Å². The minimum atomic E-state index is 0.370. The van der Waals surface area contributed by atoms with Gasteiger partial charge in [0.1, 0.15) is 12.1 Å². The molecule has 0 saturated carbocycles. The van der Waals surface area contributed by atoms with Gasteiger partial charge in [-0.15, -0.1) is 0 Å². The van der Waals surface area contributed by atoms with Crippen LogP contribution in [0.15, 0.2) is 24.5 Å².